The van der Waals surface area contributed by atoms with E-state index in [9.17, 15) is 65.0 Å². The highest BCUT2D eigenvalue weighted by molar-refractivity contribution is 6.14. The zero-order valence-corrected chi connectivity index (χ0v) is 23.0. The zero-order chi connectivity index (χ0) is 35.4. The van der Waals surface area contributed by atoms with E-state index in [1.54, 1.807) is 0 Å². The number of nitrogen functional groups attached to an aromatic ring is 1. The highest BCUT2D eigenvalue weighted by Gasteiger charge is 2.54. The summed E-state index contributed by atoms with van der Waals surface area (Å²) in [5.41, 5.74) is 9.26. The summed E-state index contributed by atoms with van der Waals surface area (Å²) in [4.78, 5) is 95.9. The molecule has 0 saturated heterocycles. The molecule has 0 saturated carbocycles. The van der Waals surface area contributed by atoms with E-state index in [0.717, 1.165) is 12.1 Å². The van der Waals surface area contributed by atoms with Crippen LogP contribution in [0.4, 0.5) is 38.0 Å². The first-order chi connectivity index (χ1) is 21.7. The van der Waals surface area contributed by atoms with Crippen LogP contribution < -0.4 is 27.7 Å². The first-order valence-corrected chi connectivity index (χ1v) is 12.5. The SMILES string of the molecule is NC(=O)c1cc(NCc2cnc3nc(N)[nH]c(=O)c3n2)ccc1C(=O)NC(CCC(=O)N(C(=O)C(F)(F)F)C(=O)C(F)(F)F)C(=O)O. The molecule has 3 rings (SSSR count). The summed E-state index contributed by atoms with van der Waals surface area (Å²) in [5.74, 6) is -13.9. The van der Waals surface area contributed by atoms with Crippen molar-refractivity contribution in [3.8, 4) is 0 Å². The Kier molecular flexibility index (Phi) is 10.1. The molecule has 1 aromatic carbocycles. The minimum atomic E-state index is -6.09. The minimum absolute atomic E-state index is 0.0349. The van der Waals surface area contributed by atoms with Crippen molar-refractivity contribution in [1.29, 1.82) is 0 Å². The van der Waals surface area contributed by atoms with E-state index in [-0.39, 0.29) is 35.0 Å². The van der Waals surface area contributed by atoms with Crippen molar-refractivity contribution in [2.75, 3.05) is 11.1 Å². The Morgan fingerprint density at radius 3 is 2.15 bits per heavy atom. The Balaban J connectivity index is 1.76. The van der Waals surface area contributed by atoms with Gasteiger partial charge in [0, 0.05) is 12.1 Å². The van der Waals surface area contributed by atoms with Gasteiger partial charge in [0.1, 0.15) is 6.04 Å². The normalized spacial score (nSPS) is 12.2. The molecule has 1 atom stereocenters. The van der Waals surface area contributed by atoms with Crippen LogP contribution in [0.5, 0.6) is 0 Å². The number of H-pyrrole nitrogens is 1. The standard InChI is InChI=1S/C24H19F6N9O8/c25-23(26,27)20(46)39(21(47)24(28,29)30)13(40)4-3-12(19(44)45)36-17(42)10-2-1-8(5-11(10)15(31)41)33-6-9-7-34-16-14(35-9)18(43)38-22(32)37-16/h1-2,5,7,12,33H,3-4,6H2,(H2,31,41)(H,36,42)(H,44,45)(H3,32,34,37,38,43). The summed E-state index contributed by atoms with van der Waals surface area (Å²) in [5, 5.41) is 14.1. The van der Waals surface area contributed by atoms with Gasteiger partial charge in [-0.3, -0.25) is 33.8 Å². The number of aliphatic carboxylic acids is 1. The van der Waals surface area contributed by atoms with Crippen LogP contribution in [0.15, 0.2) is 29.2 Å². The predicted octanol–water partition coefficient (Wildman–Crippen LogP) is -0.0241. The van der Waals surface area contributed by atoms with Crippen molar-refractivity contribution in [2.24, 2.45) is 5.73 Å². The molecule has 0 aliphatic heterocycles. The van der Waals surface area contributed by atoms with Gasteiger partial charge in [-0.15, -0.1) is 0 Å². The molecule has 17 nitrogen and oxygen atoms in total. The summed E-state index contributed by atoms with van der Waals surface area (Å²) < 4.78 is 76.6. The van der Waals surface area contributed by atoms with Crippen molar-refractivity contribution in [3.05, 3.63) is 51.6 Å². The van der Waals surface area contributed by atoms with E-state index in [4.69, 9.17) is 11.5 Å². The smallest absolute Gasteiger partial charge is 0.472 e. The lowest BCUT2D eigenvalue weighted by atomic mass is 10.0. The third-order valence-corrected chi connectivity index (χ3v) is 5.88. The second kappa shape index (κ2) is 13.5. The van der Waals surface area contributed by atoms with Crippen LogP contribution in [0.25, 0.3) is 11.2 Å². The molecule has 0 aliphatic rings. The van der Waals surface area contributed by atoms with Crippen molar-refractivity contribution in [2.45, 2.75) is 37.8 Å². The summed E-state index contributed by atoms with van der Waals surface area (Å²) >= 11 is 0. The molecule has 0 radical (unpaired) electrons. The van der Waals surface area contributed by atoms with Gasteiger partial charge in [-0.2, -0.15) is 31.3 Å². The maximum Gasteiger partial charge on any atom is 0.472 e. The van der Waals surface area contributed by atoms with E-state index >= 15 is 0 Å². The van der Waals surface area contributed by atoms with Gasteiger partial charge in [0.05, 0.1) is 29.6 Å². The van der Waals surface area contributed by atoms with E-state index in [1.807, 2.05) is 5.32 Å². The van der Waals surface area contributed by atoms with Crippen molar-refractivity contribution >= 4 is 58.3 Å². The van der Waals surface area contributed by atoms with Gasteiger partial charge in [0.15, 0.2) is 11.2 Å². The predicted molar refractivity (Wildman–Crippen MR) is 142 cm³/mol. The minimum Gasteiger partial charge on any atom is -0.480 e. The molecular weight excluding hydrogens is 656 g/mol. The number of aromatic amines is 1. The van der Waals surface area contributed by atoms with Crippen molar-refractivity contribution < 1.29 is 60.2 Å². The zero-order valence-electron chi connectivity index (χ0n) is 23.0. The molecule has 250 valence electrons. The quantitative estimate of drug-likeness (QED) is 0.154. The Hall–Kier alpha value is -6.16. The highest BCUT2D eigenvalue weighted by atomic mass is 19.4. The van der Waals surface area contributed by atoms with Crippen LogP contribution in [0, 0.1) is 0 Å². The Morgan fingerprint density at radius 1 is 0.979 bits per heavy atom. The number of hydrogen-bond donors (Lipinski definition) is 6. The molecule has 47 heavy (non-hydrogen) atoms. The number of carboxylic acid groups (broad SMARTS) is 1. The van der Waals surface area contributed by atoms with Gasteiger partial charge in [-0.1, -0.05) is 0 Å². The van der Waals surface area contributed by atoms with Crippen molar-refractivity contribution in [3.63, 3.8) is 0 Å². The maximum atomic E-state index is 12.8. The van der Waals surface area contributed by atoms with Crippen LogP contribution in [0.1, 0.15) is 39.3 Å². The van der Waals surface area contributed by atoms with Crippen LogP contribution in [0.2, 0.25) is 0 Å². The van der Waals surface area contributed by atoms with Gasteiger partial charge < -0.3 is 27.2 Å². The van der Waals surface area contributed by atoms with Crippen LogP contribution >= 0.6 is 0 Å². The number of primary amides is 1. The van der Waals surface area contributed by atoms with E-state index < -0.39 is 88.3 Å². The Morgan fingerprint density at radius 2 is 1.60 bits per heavy atom. The topological polar surface area (TPSA) is 274 Å². The van der Waals surface area contributed by atoms with Gasteiger partial charge in [-0.05, 0) is 24.6 Å². The second-order valence-corrected chi connectivity index (χ2v) is 9.20. The number of halogens is 6. The molecular formula is C24H19F6N9O8. The molecule has 23 heteroatoms. The van der Waals surface area contributed by atoms with E-state index in [0.29, 0.717) is 0 Å². The third kappa shape index (κ3) is 8.52. The fourth-order valence-electron chi connectivity index (χ4n) is 3.75. The number of rotatable bonds is 10. The number of alkyl halides is 6. The van der Waals surface area contributed by atoms with Gasteiger partial charge in [0.25, 0.3) is 11.5 Å². The number of nitrogens with zero attached hydrogens (tertiary/aromatic N) is 4. The first-order valence-electron chi connectivity index (χ1n) is 12.5. The second-order valence-electron chi connectivity index (χ2n) is 9.20. The molecule has 5 amide bonds. The van der Waals surface area contributed by atoms with Crippen LogP contribution in [-0.4, -0.2) is 83.8 Å². The number of carbonyl (C=O) groups excluding carboxylic acids is 5. The van der Waals surface area contributed by atoms with Gasteiger partial charge in [-0.25, -0.2) is 19.7 Å². The lowest BCUT2D eigenvalue weighted by molar-refractivity contribution is -0.205. The molecule has 8 N–H and O–H groups in total. The molecule has 2 heterocycles. The largest absolute Gasteiger partial charge is 0.480 e. The fraction of sp³-hybridized carbons (Fsp3) is 0.250. The van der Waals surface area contributed by atoms with Crippen LogP contribution in [-0.2, 0) is 25.7 Å². The number of aromatic nitrogens is 4. The molecule has 1 unspecified atom stereocenters. The Labute approximate surface area is 255 Å². The molecule has 3 aromatic rings. The van der Waals surface area contributed by atoms with Crippen LogP contribution in [0.3, 0.4) is 0 Å². The lowest BCUT2D eigenvalue weighted by Gasteiger charge is -2.22. The lowest BCUT2D eigenvalue weighted by Crippen LogP contribution is -2.53. The summed E-state index contributed by atoms with van der Waals surface area (Å²) in [7, 11) is 0. The number of anilines is 2. The average molecular weight is 675 g/mol. The summed E-state index contributed by atoms with van der Waals surface area (Å²) in [6, 6.07) is 1.09. The molecule has 0 spiro atoms. The van der Waals surface area contributed by atoms with Crippen molar-refractivity contribution in [1.82, 2.24) is 30.2 Å². The summed E-state index contributed by atoms with van der Waals surface area (Å²) in [6.07, 6.45) is -13.7. The van der Waals surface area contributed by atoms with E-state index in [1.165, 1.54) is 12.3 Å². The maximum absolute atomic E-state index is 12.8. The molecule has 0 fully saturated rings. The molecule has 0 aliphatic carbocycles. The Bertz CT molecular complexity index is 1820. The third-order valence-electron chi connectivity index (χ3n) is 5.88. The number of hydrogen-bond acceptors (Lipinski definition) is 12. The van der Waals surface area contributed by atoms with Gasteiger partial charge in [0.2, 0.25) is 17.8 Å². The molecule has 2 aromatic heterocycles. The molecule has 0 bridgehead atoms. The number of nitrogens with one attached hydrogen (secondary N) is 3. The highest BCUT2D eigenvalue weighted by Crippen LogP contribution is 2.25. The number of carboxylic acids is 1. The average Bonchev–Trinajstić information content (AvgIpc) is 2.96. The number of imide groups is 3. The van der Waals surface area contributed by atoms with Gasteiger partial charge >= 0.3 is 30.1 Å². The summed E-state index contributed by atoms with van der Waals surface area (Å²) in [6.45, 7) is -0.101. The number of benzene rings is 1. The number of amides is 5. The van der Waals surface area contributed by atoms with E-state index in [2.05, 4.69) is 25.3 Å². The number of carbonyl (C=O) groups is 6. The number of fused-ring (bicyclic) bond motifs is 1. The first kappa shape index (κ1) is 35.3. The fourth-order valence-corrected chi connectivity index (χ4v) is 3.75. The number of nitrogens with two attached hydrogens (primary N) is 2. The monoisotopic (exact) mass is 675 g/mol.